The SMILES string of the molecule is CC1CCC2C(C)(C)C2(C(N)=O)C1.c1ccc2c(c1)-c1nc-2nc2[nH]c(nc3nc(nc4[nH]c(n1)c1ccccc41)-c1ccccc1-3)c1ccccc21. The van der Waals surface area contributed by atoms with Crippen LogP contribution in [0.2, 0.25) is 0 Å². The molecular weight excluding hydrogens is 659 g/mol. The van der Waals surface area contributed by atoms with Gasteiger partial charge in [0.05, 0.1) is 5.41 Å². The van der Waals surface area contributed by atoms with Crippen LogP contribution in [0.1, 0.15) is 40.0 Å². The number of H-pyrrole nitrogens is 2. The Kier molecular flexibility index (Phi) is 6.74. The van der Waals surface area contributed by atoms with Gasteiger partial charge < -0.3 is 15.7 Å². The smallest absolute Gasteiger partial charge is 0.224 e. The number of amides is 1. The summed E-state index contributed by atoms with van der Waals surface area (Å²) in [6.07, 6.45) is 3.47. The average molecular weight is 696 g/mol. The summed E-state index contributed by atoms with van der Waals surface area (Å²) in [5.74, 6) is 3.56. The predicted octanol–water partition coefficient (Wildman–Crippen LogP) is 8.80. The van der Waals surface area contributed by atoms with Gasteiger partial charge in [0, 0.05) is 43.8 Å². The Morgan fingerprint density at radius 2 is 0.906 bits per heavy atom. The van der Waals surface area contributed by atoms with Crippen LogP contribution in [0, 0.1) is 22.7 Å². The maximum atomic E-state index is 11.5. The highest BCUT2D eigenvalue weighted by molar-refractivity contribution is 6.06. The Bertz CT molecular complexity index is 2510. The number of nitrogens with zero attached hydrogens (tertiary/aromatic N) is 6. The lowest BCUT2D eigenvalue weighted by Crippen LogP contribution is -2.32. The molecule has 11 rings (SSSR count). The molecule has 10 nitrogen and oxygen atoms in total. The van der Waals surface area contributed by atoms with Crippen LogP contribution in [0.5, 0.6) is 0 Å². The third-order valence-electron chi connectivity index (χ3n) is 12.1. The van der Waals surface area contributed by atoms with Gasteiger partial charge in [0.25, 0.3) is 0 Å². The summed E-state index contributed by atoms with van der Waals surface area (Å²) >= 11 is 0. The molecule has 1 amide bonds. The summed E-state index contributed by atoms with van der Waals surface area (Å²) in [4.78, 5) is 48.3. The highest BCUT2D eigenvalue weighted by Gasteiger charge is 2.74. The van der Waals surface area contributed by atoms with Gasteiger partial charge in [-0.05, 0) is 30.1 Å². The summed E-state index contributed by atoms with van der Waals surface area (Å²) in [5.41, 5.74) is 12.0. The predicted molar refractivity (Wildman–Crippen MR) is 208 cm³/mol. The van der Waals surface area contributed by atoms with Gasteiger partial charge in [-0.2, -0.15) is 0 Å². The molecule has 2 saturated carbocycles. The van der Waals surface area contributed by atoms with Crippen molar-refractivity contribution in [3.8, 4) is 45.6 Å². The number of benzene rings is 4. The molecule has 0 saturated heterocycles. The molecule has 0 spiro atoms. The first-order valence-electron chi connectivity index (χ1n) is 18.2. The number of primary amides is 1. The van der Waals surface area contributed by atoms with Crippen LogP contribution >= 0.6 is 0 Å². The van der Waals surface area contributed by atoms with Crippen molar-refractivity contribution in [3.63, 3.8) is 0 Å². The molecule has 53 heavy (non-hydrogen) atoms. The number of fused-ring (bicyclic) bond motifs is 21. The van der Waals surface area contributed by atoms with E-state index < -0.39 is 0 Å². The van der Waals surface area contributed by atoms with Crippen LogP contribution in [-0.2, 0) is 4.79 Å². The molecule has 5 heterocycles. The number of rotatable bonds is 1. The fourth-order valence-electron chi connectivity index (χ4n) is 9.26. The Labute approximate surface area is 305 Å². The first kappa shape index (κ1) is 31.4. The van der Waals surface area contributed by atoms with E-state index in [2.05, 4.69) is 30.7 Å². The van der Waals surface area contributed by atoms with Crippen molar-refractivity contribution in [3.05, 3.63) is 97.1 Å². The molecule has 3 aromatic heterocycles. The highest BCUT2D eigenvalue weighted by atomic mass is 16.1. The highest BCUT2D eigenvalue weighted by Crippen LogP contribution is 2.75. The van der Waals surface area contributed by atoms with Crippen molar-refractivity contribution in [1.29, 1.82) is 0 Å². The van der Waals surface area contributed by atoms with Crippen molar-refractivity contribution in [2.45, 2.75) is 40.0 Å². The van der Waals surface area contributed by atoms with Crippen LogP contribution in [0.25, 0.3) is 89.7 Å². The topological polar surface area (TPSA) is 152 Å². The van der Waals surface area contributed by atoms with E-state index in [-0.39, 0.29) is 16.7 Å². The number of aromatic nitrogens is 8. The van der Waals surface area contributed by atoms with Gasteiger partial charge in [-0.15, -0.1) is 0 Å². The molecule has 2 fully saturated rings. The second-order valence-electron chi connectivity index (χ2n) is 15.3. The fraction of sp³-hybridized carbons (Fsp3) is 0.233. The summed E-state index contributed by atoms with van der Waals surface area (Å²) < 4.78 is 0. The monoisotopic (exact) mass is 695 g/mol. The second-order valence-corrected chi connectivity index (χ2v) is 15.3. The van der Waals surface area contributed by atoms with E-state index in [9.17, 15) is 4.79 Å². The number of carbonyl (C=O) groups is 1. The molecule has 2 aliphatic heterocycles. The third kappa shape index (κ3) is 4.67. The number of nitrogens with two attached hydrogens (primary N) is 1. The molecule has 10 heteroatoms. The van der Waals surface area contributed by atoms with E-state index >= 15 is 0 Å². The zero-order valence-corrected chi connectivity index (χ0v) is 29.7. The zero-order chi connectivity index (χ0) is 36.1. The average Bonchev–Trinajstić information content (AvgIpc) is 3.68. The number of hydrogen-bond donors (Lipinski definition) is 3. The molecule has 260 valence electrons. The fourth-order valence-corrected chi connectivity index (χ4v) is 9.26. The minimum atomic E-state index is -0.148. The Hall–Kier alpha value is -6.29. The normalized spacial score (nSPS) is 20.5. The number of carbonyl (C=O) groups excluding carboxylic acids is 1. The van der Waals surface area contributed by atoms with Crippen molar-refractivity contribution in [1.82, 2.24) is 39.9 Å². The number of aromatic amines is 2. The van der Waals surface area contributed by atoms with Crippen molar-refractivity contribution < 1.29 is 4.79 Å². The lowest BCUT2D eigenvalue weighted by atomic mass is 9.80. The molecule has 4 aromatic carbocycles. The molecular formula is C43H37N9O. The lowest BCUT2D eigenvalue weighted by molar-refractivity contribution is -0.125. The maximum Gasteiger partial charge on any atom is 0.224 e. The summed E-state index contributed by atoms with van der Waals surface area (Å²) in [6.45, 7) is 6.62. The van der Waals surface area contributed by atoms with Gasteiger partial charge in [-0.1, -0.05) is 124 Å². The van der Waals surface area contributed by atoms with Crippen molar-refractivity contribution in [2.24, 2.45) is 28.4 Å². The zero-order valence-electron chi connectivity index (χ0n) is 29.7. The van der Waals surface area contributed by atoms with E-state index in [1.807, 2.05) is 97.1 Å². The molecule has 4 N–H and O–H groups in total. The molecule has 2 aliphatic carbocycles. The largest absolute Gasteiger partial charge is 0.369 e. The minimum absolute atomic E-state index is 0.0611. The third-order valence-corrected chi connectivity index (χ3v) is 12.1. The number of hydrogen-bond acceptors (Lipinski definition) is 7. The van der Waals surface area contributed by atoms with Gasteiger partial charge >= 0.3 is 0 Å². The Balaban J connectivity index is 0.000000228. The van der Waals surface area contributed by atoms with Crippen LogP contribution in [0.3, 0.4) is 0 Å². The standard InChI is InChI=1S/C32H18N8.C11H19NO/c1-2-10-18-17(9-1)25-33-26(18)38-28-21-13-5-6-14-22(21)30(35-28)40-32-24-16-8-7-15-23(24)31(36-32)39-29-20-12-4-3-11-19(20)27(34-29)37-25;1-7-4-5-8-10(2,3)11(8,6-7)9(12)13/h1-16H,(H2,33,34,35,36,37,38,39,40);7-8H,4-6H2,1-3H3,(H2,12,13). The molecule has 0 radical (unpaired) electrons. The van der Waals surface area contributed by atoms with Gasteiger partial charge in [-0.25, -0.2) is 29.9 Å². The van der Waals surface area contributed by atoms with Gasteiger partial charge in [0.1, 0.15) is 22.6 Å². The van der Waals surface area contributed by atoms with E-state index in [4.69, 9.17) is 35.6 Å². The molecule has 3 atom stereocenters. The first-order valence-corrected chi connectivity index (χ1v) is 18.2. The van der Waals surface area contributed by atoms with Crippen LogP contribution in [-0.4, -0.2) is 45.8 Å². The van der Waals surface area contributed by atoms with Crippen LogP contribution in [0.15, 0.2) is 97.1 Å². The van der Waals surface area contributed by atoms with E-state index in [0.717, 1.165) is 50.2 Å². The van der Waals surface area contributed by atoms with Crippen molar-refractivity contribution in [2.75, 3.05) is 0 Å². The quantitative estimate of drug-likeness (QED) is 0.155. The maximum absolute atomic E-state index is 11.5. The summed E-state index contributed by atoms with van der Waals surface area (Å²) in [5, 5.41) is 3.82. The van der Waals surface area contributed by atoms with Gasteiger partial charge in [0.15, 0.2) is 23.3 Å². The minimum Gasteiger partial charge on any atom is -0.369 e. The Morgan fingerprint density at radius 3 is 1.23 bits per heavy atom. The molecule has 3 unspecified atom stereocenters. The second kappa shape index (κ2) is 11.4. The van der Waals surface area contributed by atoms with E-state index in [1.54, 1.807) is 0 Å². The first-order chi connectivity index (χ1) is 25.7. The van der Waals surface area contributed by atoms with E-state index in [1.165, 1.54) is 12.8 Å². The lowest BCUT2D eigenvalue weighted by Gasteiger charge is -2.24. The van der Waals surface area contributed by atoms with Crippen molar-refractivity contribution >= 4 is 50.0 Å². The van der Waals surface area contributed by atoms with Gasteiger partial charge in [0.2, 0.25) is 5.91 Å². The van der Waals surface area contributed by atoms with Crippen LogP contribution in [0.4, 0.5) is 0 Å². The van der Waals surface area contributed by atoms with Gasteiger partial charge in [-0.3, -0.25) is 4.79 Å². The van der Waals surface area contributed by atoms with E-state index in [0.29, 0.717) is 57.7 Å². The molecule has 7 aromatic rings. The summed E-state index contributed by atoms with van der Waals surface area (Å²) in [6, 6.07) is 32.2. The summed E-state index contributed by atoms with van der Waals surface area (Å²) in [7, 11) is 0. The molecule has 8 bridgehead atoms. The Morgan fingerprint density at radius 1 is 0.566 bits per heavy atom. The number of nitrogens with one attached hydrogen (secondary N) is 2. The van der Waals surface area contributed by atoms with Crippen LogP contribution < -0.4 is 5.73 Å². The molecule has 4 aliphatic rings.